The third-order valence-electron chi connectivity index (χ3n) is 1.85. The Bertz CT molecular complexity index is 315. The van der Waals surface area contributed by atoms with Gasteiger partial charge in [-0.1, -0.05) is 0 Å². The lowest BCUT2D eigenvalue weighted by molar-refractivity contribution is 0.0796. The molecule has 1 rings (SSSR count). The van der Waals surface area contributed by atoms with E-state index in [0.29, 0.717) is 32.3 Å². The van der Waals surface area contributed by atoms with Crippen LogP contribution in [0.3, 0.4) is 0 Å². The molecule has 0 bridgehead atoms. The molecular weight excluding hydrogens is 224 g/mol. The molecule has 17 heavy (non-hydrogen) atoms. The minimum atomic E-state index is 0.0982. The Morgan fingerprint density at radius 1 is 1.12 bits per heavy atom. The fraction of sp³-hybridized carbons (Fsp3) is 0.600. The molecular formula is C10H18N4O3. The minimum Gasteiger partial charge on any atom is -0.475 e. The number of hydrogen-bond acceptors (Lipinski definition) is 7. The van der Waals surface area contributed by atoms with Crippen molar-refractivity contribution < 1.29 is 14.2 Å². The monoisotopic (exact) mass is 242 g/mol. The van der Waals surface area contributed by atoms with Crippen LogP contribution in [0.2, 0.25) is 0 Å². The van der Waals surface area contributed by atoms with E-state index in [1.54, 1.807) is 7.11 Å². The lowest BCUT2D eigenvalue weighted by Gasteiger charge is -2.07. The summed E-state index contributed by atoms with van der Waals surface area (Å²) < 4.78 is 15.5. The van der Waals surface area contributed by atoms with Crippen LogP contribution < -0.4 is 16.2 Å². The zero-order valence-corrected chi connectivity index (χ0v) is 9.89. The highest BCUT2D eigenvalue weighted by atomic mass is 16.5. The van der Waals surface area contributed by atoms with Gasteiger partial charge >= 0.3 is 0 Å². The lowest BCUT2D eigenvalue weighted by atomic mass is 10.5. The van der Waals surface area contributed by atoms with E-state index in [2.05, 4.69) is 9.97 Å². The van der Waals surface area contributed by atoms with E-state index < -0.39 is 0 Å². The first kappa shape index (κ1) is 13.5. The summed E-state index contributed by atoms with van der Waals surface area (Å²) in [6.45, 7) is 2.21. The van der Waals surface area contributed by atoms with Gasteiger partial charge in [-0.25, -0.2) is 0 Å². The highest BCUT2D eigenvalue weighted by Gasteiger charge is 2.00. The summed E-state index contributed by atoms with van der Waals surface area (Å²) in [6.07, 6.45) is 0.865. The largest absolute Gasteiger partial charge is 0.475 e. The van der Waals surface area contributed by atoms with Crippen molar-refractivity contribution in [1.82, 2.24) is 9.97 Å². The van der Waals surface area contributed by atoms with Gasteiger partial charge in [0.1, 0.15) is 12.4 Å². The second-order valence-electron chi connectivity index (χ2n) is 3.30. The first-order valence-electron chi connectivity index (χ1n) is 5.32. The van der Waals surface area contributed by atoms with Crippen LogP contribution >= 0.6 is 0 Å². The predicted octanol–water partition coefficient (Wildman–Crippen LogP) is 0.0729. The first-order chi connectivity index (χ1) is 8.22. The number of rotatable bonds is 8. The van der Waals surface area contributed by atoms with Crippen LogP contribution in [-0.4, -0.2) is 43.5 Å². The van der Waals surface area contributed by atoms with Crippen LogP contribution in [0, 0.1) is 0 Å². The number of anilines is 2. The number of nitrogen functional groups attached to an aromatic ring is 2. The first-order valence-corrected chi connectivity index (χ1v) is 5.32. The molecule has 0 radical (unpaired) electrons. The summed E-state index contributed by atoms with van der Waals surface area (Å²) >= 11 is 0. The molecule has 7 heteroatoms. The summed E-state index contributed by atoms with van der Waals surface area (Å²) in [7, 11) is 1.66. The van der Waals surface area contributed by atoms with Crippen molar-refractivity contribution in [2.45, 2.75) is 6.42 Å². The Hall–Kier alpha value is -1.60. The summed E-state index contributed by atoms with van der Waals surface area (Å²) in [6, 6.07) is 1.52. The standard InChI is InChI=1S/C10H18N4O3/c1-15-3-2-4-16-5-6-17-9-7-8(11)13-10(12)14-9/h7H,2-6H2,1H3,(H4,11,12,13,14). The third kappa shape index (κ3) is 5.88. The van der Waals surface area contributed by atoms with Gasteiger partial charge in [0.15, 0.2) is 0 Å². The van der Waals surface area contributed by atoms with Crippen LogP contribution in [0.1, 0.15) is 6.42 Å². The van der Waals surface area contributed by atoms with Crippen molar-refractivity contribution in [2.24, 2.45) is 0 Å². The summed E-state index contributed by atoms with van der Waals surface area (Å²) in [5, 5.41) is 0. The molecule has 0 spiro atoms. The zero-order chi connectivity index (χ0) is 12.5. The molecule has 1 heterocycles. The van der Waals surface area contributed by atoms with E-state index in [0.717, 1.165) is 6.42 Å². The number of ether oxygens (including phenoxy) is 3. The quantitative estimate of drug-likeness (QED) is 0.621. The molecule has 0 saturated carbocycles. The van der Waals surface area contributed by atoms with Crippen LogP contribution in [0.5, 0.6) is 5.88 Å². The smallest absolute Gasteiger partial charge is 0.225 e. The maximum Gasteiger partial charge on any atom is 0.225 e. The Labute approximate surface area is 100 Å². The molecule has 1 aromatic rings. The van der Waals surface area contributed by atoms with Gasteiger partial charge in [0.25, 0.3) is 0 Å². The minimum absolute atomic E-state index is 0.0982. The Morgan fingerprint density at radius 3 is 2.65 bits per heavy atom. The molecule has 0 fully saturated rings. The normalized spacial score (nSPS) is 10.4. The van der Waals surface area contributed by atoms with E-state index in [9.17, 15) is 0 Å². The number of nitrogens with two attached hydrogens (primary N) is 2. The van der Waals surface area contributed by atoms with Gasteiger partial charge in [-0.15, -0.1) is 0 Å². The van der Waals surface area contributed by atoms with Gasteiger partial charge < -0.3 is 25.7 Å². The van der Waals surface area contributed by atoms with Crippen LogP contribution in [0.15, 0.2) is 6.07 Å². The second-order valence-corrected chi connectivity index (χ2v) is 3.30. The topological polar surface area (TPSA) is 106 Å². The van der Waals surface area contributed by atoms with Crippen LogP contribution in [-0.2, 0) is 9.47 Å². The fourth-order valence-electron chi connectivity index (χ4n) is 1.15. The van der Waals surface area contributed by atoms with E-state index in [4.69, 9.17) is 25.7 Å². The van der Waals surface area contributed by atoms with Crippen molar-refractivity contribution in [2.75, 3.05) is 45.0 Å². The number of hydrogen-bond donors (Lipinski definition) is 2. The van der Waals surface area contributed by atoms with Gasteiger partial charge in [-0.3, -0.25) is 0 Å². The van der Waals surface area contributed by atoms with Crippen molar-refractivity contribution in [1.29, 1.82) is 0 Å². The maximum atomic E-state index is 5.49. The average Bonchev–Trinajstić information content (AvgIpc) is 2.26. The Balaban J connectivity index is 2.13. The van der Waals surface area contributed by atoms with E-state index in [-0.39, 0.29) is 11.8 Å². The number of aromatic nitrogens is 2. The van der Waals surface area contributed by atoms with E-state index >= 15 is 0 Å². The molecule has 7 nitrogen and oxygen atoms in total. The van der Waals surface area contributed by atoms with Crippen molar-refractivity contribution >= 4 is 11.8 Å². The van der Waals surface area contributed by atoms with Gasteiger partial charge in [-0.05, 0) is 6.42 Å². The van der Waals surface area contributed by atoms with Crippen LogP contribution in [0.4, 0.5) is 11.8 Å². The van der Waals surface area contributed by atoms with Gasteiger partial charge in [0.05, 0.1) is 6.61 Å². The highest BCUT2D eigenvalue weighted by Crippen LogP contribution is 2.11. The Morgan fingerprint density at radius 2 is 1.94 bits per heavy atom. The summed E-state index contributed by atoms with van der Waals surface area (Å²) in [4.78, 5) is 7.60. The van der Waals surface area contributed by atoms with Crippen molar-refractivity contribution in [3.8, 4) is 5.88 Å². The summed E-state index contributed by atoms with van der Waals surface area (Å²) in [5.74, 6) is 0.741. The number of nitrogens with zero attached hydrogens (tertiary/aromatic N) is 2. The molecule has 0 aliphatic rings. The molecule has 4 N–H and O–H groups in total. The molecule has 0 aliphatic heterocycles. The highest BCUT2D eigenvalue weighted by molar-refractivity contribution is 5.38. The summed E-state index contributed by atoms with van der Waals surface area (Å²) in [5.41, 5.74) is 10.9. The van der Waals surface area contributed by atoms with Gasteiger partial charge in [0, 0.05) is 26.4 Å². The third-order valence-corrected chi connectivity index (χ3v) is 1.85. The molecule has 0 aromatic carbocycles. The SMILES string of the molecule is COCCCOCCOc1cc(N)nc(N)n1. The van der Waals surface area contributed by atoms with Crippen LogP contribution in [0.25, 0.3) is 0 Å². The lowest BCUT2D eigenvalue weighted by Crippen LogP contribution is -2.10. The molecule has 1 aromatic heterocycles. The molecule has 0 unspecified atom stereocenters. The molecule has 0 saturated heterocycles. The second kappa shape index (κ2) is 7.64. The predicted molar refractivity (Wildman–Crippen MR) is 63.7 cm³/mol. The zero-order valence-electron chi connectivity index (χ0n) is 9.89. The van der Waals surface area contributed by atoms with Gasteiger partial charge in [-0.2, -0.15) is 9.97 Å². The average molecular weight is 242 g/mol. The Kier molecular flexibility index (Phi) is 6.05. The molecule has 96 valence electrons. The molecule has 0 aliphatic carbocycles. The van der Waals surface area contributed by atoms with E-state index in [1.165, 1.54) is 6.07 Å². The van der Waals surface area contributed by atoms with Crippen molar-refractivity contribution in [3.63, 3.8) is 0 Å². The molecule has 0 amide bonds. The number of methoxy groups -OCH3 is 1. The van der Waals surface area contributed by atoms with Gasteiger partial charge in [0.2, 0.25) is 11.8 Å². The molecule has 0 atom stereocenters. The van der Waals surface area contributed by atoms with E-state index in [1.807, 2.05) is 0 Å². The fourth-order valence-corrected chi connectivity index (χ4v) is 1.15. The maximum absolute atomic E-state index is 5.49. The van der Waals surface area contributed by atoms with Crippen molar-refractivity contribution in [3.05, 3.63) is 6.07 Å².